The summed E-state index contributed by atoms with van der Waals surface area (Å²) in [4.78, 5) is 13.3. The number of benzene rings is 1. The van der Waals surface area contributed by atoms with Gasteiger partial charge in [-0.3, -0.25) is 9.36 Å². The van der Waals surface area contributed by atoms with E-state index in [9.17, 15) is 4.79 Å². The number of aryl methyl sites for hydroxylation is 1. The fourth-order valence-electron chi connectivity index (χ4n) is 1.94. The van der Waals surface area contributed by atoms with Crippen molar-refractivity contribution in [2.24, 2.45) is 0 Å². The second kappa shape index (κ2) is 7.26. The summed E-state index contributed by atoms with van der Waals surface area (Å²) < 4.78 is 1.98. The average molecular weight is 316 g/mol. The van der Waals surface area contributed by atoms with E-state index in [0.29, 0.717) is 12.3 Å². The lowest BCUT2D eigenvalue weighted by Crippen LogP contribution is -2.23. The zero-order chi connectivity index (χ0) is 16.1. The van der Waals surface area contributed by atoms with Gasteiger partial charge >= 0.3 is 0 Å². The average Bonchev–Trinajstić information content (AvgIpc) is 2.88. The molecule has 116 valence electrons. The van der Waals surface area contributed by atoms with Crippen LogP contribution in [0.15, 0.2) is 42.1 Å². The lowest BCUT2D eigenvalue weighted by atomic mass is 10.1. The number of hydrogen-bond donors (Lipinski definition) is 0. The molecule has 22 heavy (non-hydrogen) atoms. The largest absolute Gasteiger partial charge is 0.348 e. The summed E-state index contributed by atoms with van der Waals surface area (Å²) in [5, 5.41) is 9.25. The molecule has 2 aromatic rings. The Morgan fingerprint density at radius 3 is 2.82 bits per heavy atom. The van der Waals surface area contributed by atoms with Crippen LogP contribution in [0, 0.1) is 6.92 Å². The van der Waals surface area contributed by atoms with Gasteiger partial charge in [-0.15, -0.1) is 16.8 Å². The van der Waals surface area contributed by atoms with Crippen LogP contribution >= 0.6 is 11.8 Å². The Hall–Kier alpha value is -2.08. The van der Waals surface area contributed by atoms with Crippen LogP contribution in [-0.4, -0.2) is 45.4 Å². The van der Waals surface area contributed by atoms with Gasteiger partial charge in [-0.25, -0.2) is 0 Å². The minimum Gasteiger partial charge on any atom is -0.348 e. The minimum absolute atomic E-state index is 0.0512. The highest BCUT2D eigenvalue weighted by molar-refractivity contribution is 7.99. The first-order valence-corrected chi connectivity index (χ1v) is 7.95. The van der Waals surface area contributed by atoms with E-state index in [1.807, 2.05) is 29.7 Å². The summed E-state index contributed by atoms with van der Waals surface area (Å²) in [6.07, 6.45) is 1.81. The molecule has 0 aliphatic heterocycles. The van der Waals surface area contributed by atoms with Crippen molar-refractivity contribution in [2.75, 3.05) is 19.8 Å². The number of nitrogens with zero attached hydrogens (tertiary/aromatic N) is 4. The summed E-state index contributed by atoms with van der Waals surface area (Å²) >= 11 is 1.39. The molecule has 1 aromatic carbocycles. The highest BCUT2D eigenvalue weighted by Gasteiger charge is 2.15. The Morgan fingerprint density at radius 2 is 2.18 bits per heavy atom. The van der Waals surface area contributed by atoms with Crippen LogP contribution in [0.1, 0.15) is 5.56 Å². The second-order valence-electron chi connectivity index (χ2n) is 5.15. The van der Waals surface area contributed by atoms with E-state index in [0.717, 1.165) is 16.5 Å². The van der Waals surface area contributed by atoms with E-state index in [-0.39, 0.29) is 5.91 Å². The van der Waals surface area contributed by atoms with Gasteiger partial charge in [0, 0.05) is 26.2 Å². The smallest absolute Gasteiger partial charge is 0.232 e. The van der Waals surface area contributed by atoms with Crippen molar-refractivity contribution in [1.82, 2.24) is 19.7 Å². The Labute approximate surface area is 135 Å². The highest BCUT2D eigenvalue weighted by atomic mass is 32.2. The molecule has 2 rings (SSSR count). The van der Waals surface area contributed by atoms with E-state index < -0.39 is 0 Å². The first kappa shape index (κ1) is 16.3. The molecule has 5 nitrogen and oxygen atoms in total. The third-order valence-corrected chi connectivity index (χ3v) is 4.08. The lowest BCUT2D eigenvalue weighted by Gasteiger charge is -2.10. The molecule has 0 aliphatic carbocycles. The normalized spacial score (nSPS) is 10.5. The van der Waals surface area contributed by atoms with Gasteiger partial charge in [0.25, 0.3) is 0 Å². The van der Waals surface area contributed by atoms with Crippen molar-refractivity contribution in [3.8, 4) is 11.4 Å². The highest BCUT2D eigenvalue weighted by Crippen LogP contribution is 2.24. The molecule has 0 atom stereocenters. The zero-order valence-electron chi connectivity index (χ0n) is 13.1. The SMILES string of the molecule is C=CCn1c(SCC(=O)N(C)C)nnc1-c1cccc(C)c1. The van der Waals surface area contributed by atoms with Gasteiger partial charge < -0.3 is 4.90 Å². The summed E-state index contributed by atoms with van der Waals surface area (Å²) in [6.45, 7) is 6.44. The number of allylic oxidation sites excluding steroid dienone is 1. The first-order valence-electron chi connectivity index (χ1n) is 6.97. The van der Waals surface area contributed by atoms with Gasteiger partial charge in [0.1, 0.15) is 0 Å². The van der Waals surface area contributed by atoms with Crippen LogP contribution in [0.2, 0.25) is 0 Å². The maximum atomic E-state index is 11.7. The van der Waals surface area contributed by atoms with Crippen molar-refractivity contribution in [1.29, 1.82) is 0 Å². The van der Waals surface area contributed by atoms with Crippen molar-refractivity contribution in [2.45, 2.75) is 18.6 Å². The van der Waals surface area contributed by atoms with Gasteiger partial charge in [0.15, 0.2) is 11.0 Å². The van der Waals surface area contributed by atoms with E-state index in [1.54, 1.807) is 25.1 Å². The molecule has 1 heterocycles. The monoisotopic (exact) mass is 316 g/mol. The molecule has 0 fully saturated rings. The van der Waals surface area contributed by atoms with Crippen LogP contribution in [0.3, 0.4) is 0 Å². The molecule has 0 radical (unpaired) electrons. The number of hydrogen-bond acceptors (Lipinski definition) is 4. The van der Waals surface area contributed by atoms with Crippen LogP contribution in [-0.2, 0) is 11.3 Å². The molecule has 0 aliphatic rings. The molecule has 0 N–H and O–H groups in total. The van der Waals surface area contributed by atoms with Gasteiger partial charge in [0.05, 0.1) is 5.75 Å². The second-order valence-corrected chi connectivity index (χ2v) is 6.09. The fourth-order valence-corrected chi connectivity index (χ4v) is 2.87. The fraction of sp³-hybridized carbons (Fsp3) is 0.312. The van der Waals surface area contributed by atoms with Crippen molar-refractivity contribution in [3.05, 3.63) is 42.5 Å². The minimum atomic E-state index is 0.0512. The van der Waals surface area contributed by atoms with Gasteiger partial charge in [-0.05, 0) is 13.0 Å². The topological polar surface area (TPSA) is 51.0 Å². The molecule has 0 spiro atoms. The van der Waals surface area contributed by atoms with Crippen molar-refractivity contribution >= 4 is 17.7 Å². The first-order chi connectivity index (χ1) is 10.5. The Morgan fingerprint density at radius 1 is 1.41 bits per heavy atom. The van der Waals surface area contributed by atoms with E-state index in [1.165, 1.54) is 17.3 Å². The maximum Gasteiger partial charge on any atom is 0.232 e. The third kappa shape index (κ3) is 3.76. The molecule has 0 bridgehead atoms. The van der Waals surface area contributed by atoms with Crippen LogP contribution in [0.25, 0.3) is 11.4 Å². The van der Waals surface area contributed by atoms with E-state index in [2.05, 4.69) is 22.8 Å². The Bertz CT molecular complexity index is 679. The van der Waals surface area contributed by atoms with E-state index in [4.69, 9.17) is 0 Å². The number of carbonyl (C=O) groups excluding carboxylic acids is 1. The van der Waals surface area contributed by atoms with Crippen molar-refractivity contribution in [3.63, 3.8) is 0 Å². The molecule has 6 heteroatoms. The molecule has 0 saturated carbocycles. The number of thioether (sulfide) groups is 1. The molecule has 0 saturated heterocycles. The summed E-state index contributed by atoms with van der Waals surface area (Å²) in [6, 6.07) is 8.13. The van der Waals surface area contributed by atoms with Crippen LogP contribution < -0.4 is 0 Å². The summed E-state index contributed by atoms with van der Waals surface area (Å²) in [5.41, 5.74) is 2.18. The van der Waals surface area contributed by atoms with Gasteiger partial charge in [-0.1, -0.05) is 41.6 Å². The predicted molar refractivity (Wildman–Crippen MR) is 89.8 cm³/mol. The van der Waals surface area contributed by atoms with Crippen LogP contribution in [0.4, 0.5) is 0 Å². The molecule has 0 unspecified atom stereocenters. The summed E-state index contributed by atoms with van der Waals surface area (Å²) in [7, 11) is 3.49. The predicted octanol–water partition coefficient (Wildman–Crippen LogP) is 2.62. The molecular formula is C16H20N4OS. The third-order valence-electron chi connectivity index (χ3n) is 3.13. The Balaban J connectivity index is 2.29. The maximum absolute atomic E-state index is 11.7. The summed E-state index contributed by atoms with van der Waals surface area (Å²) in [5.74, 6) is 1.19. The number of rotatable bonds is 6. The molecule has 1 aromatic heterocycles. The Kier molecular flexibility index (Phi) is 5.38. The van der Waals surface area contributed by atoms with Gasteiger partial charge in [0.2, 0.25) is 5.91 Å². The molecule has 1 amide bonds. The van der Waals surface area contributed by atoms with E-state index >= 15 is 0 Å². The van der Waals surface area contributed by atoms with Crippen LogP contribution in [0.5, 0.6) is 0 Å². The number of carbonyl (C=O) groups is 1. The van der Waals surface area contributed by atoms with Crippen molar-refractivity contribution < 1.29 is 4.79 Å². The number of amides is 1. The number of aromatic nitrogens is 3. The lowest BCUT2D eigenvalue weighted by molar-refractivity contribution is -0.125. The quantitative estimate of drug-likeness (QED) is 0.607. The molecular weight excluding hydrogens is 296 g/mol. The van der Waals surface area contributed by atoms with Gasteiger partial charge in [-0.2, -0.15) is 0 Å². The zero-order valence-corrected chi connectivity index (χ0v) is 13.9. The standard InChI is InChI=1S/C16H20N4OS/c1-5-9-20-15(13-8-6-7-12(2)10-13)17-18-16(20)22-11-14(21)19(3)4/h5-8,10H,1,9,11H2,2-4H3.